The van der Waals surface area contributed by atoms with Crippen molar-refractivity contribution in [2.24, 2.45) is 11.8 Å². The number of aliphatic hydroxyl groups excluding tert-OH is 1. The lowest BCUT2D eigenvalue weighted by atomic mass is 9.78. The van der Waals surface area contributed by atoms with E-state index in [0.29, 0.717) is 29.3 Å². The Labute approximate surface area is 138 Å². The van der Waals surface area contributed by atoms with E-state index in [1.807, 2.05) is 19.1 Å². The van der Waals surface area contributed by atoms with Gasteiger partial charge in [-0.1, -0.05) is 17.7 Å². The van der Waals surface area contributed by atoms with Crippen molar-refractivity contribution in [3.8, 4) is 0 Å². The van der Waals surface area contributed by atoms with E-state index >= 15 is 0 Å². The molecule has 3 N–H and O–H groups in total. The Hall–Kier alpha value is -0.950. The highest BCUT2D eigenvalue weighted by Gasteiger charge is 2.38. The van der Waals surface area contributed by atoms with Gasteiger partial charge in [0.2, 0.25) is 10.0 Å². The molecule has 4 atom stereocenters. The van der Waals surface area contributed by atoms with Gasteiger partial charge in [0.05, 0.1) is 4.90 Å². The van der Waals surface area contributed by atoms with E-state index in [1.54, 1.807) is 12.1 Å². The highest BCUT2D eigenvalue weighted by atomic mass is 32.2. The fraction of sp³-hybridized carbons (Fsp3) is 0.647. The number of nitrogens with one attached hydrogen (secondary N) is 2. The third-order valence-electron chi connectivity index (χ3n) is 5.24. The molecule has 1 aromatic carbocycles. The van der Waals surface area contributed by atoms with Crippen LogP contribution in [-0.4, -0.2) is 38.8 Å². The summed E-state index contributed by atoms with van der Waals surface area (Å²) < 4.78 is 27.4. The van der Waals surface area contributed by atoms with E-state index in [0.717, 1.165) is 31.2 Å². The van der Waals surface area contributed by atoms with E-state index in [2.05, 4.69) is 10.0 Å². The molecule has 1 heterocycles. The molecule has 1 saturated heterocycles. The van der Waals surface area contributed by atoms with Crippen molar-refractivity contribution in [3.63, 3.8) is 0 Å². The Morgan fingerprint density at radius 1 is 1.22 bits per heavy atom. The summed E-state index contributed by atoms with van der Waals surface area (Å²) in [5, 5.41) is 12.9. The molecule has 0 amide bonds. The third kappa shape index (κ3) is 3.94. The van der Waals surface area contributed by atoms with Crippen LogP contribution in [0, 0.1) is 18.8 Å². The number of fused-ring (bicyclic) bond motifs is 1. The zero-order valence-corrected chi connectivity index (χ0v) is 14.3. The number of benzene rings is 1. The van der Waals surface area contributed by atoms with Gasteiger partial charge >= 0.3 is 0 Å². The molecule has 0 spiro atoms. The van der Waals surface area contributed by atoms with Gasteiger partial charge in [-0.2, -0.15) is 0 Å². The van der Waals surface area contributed by atoms with E-state index in [4.69, 9.17) is 0 Å². The number of hydrogen-bond donors (Lipinski definition) is 3. The summed E-state index contributed by atoms with van der Waals surface area (Å²) in [6.07, 6.45) is 4.18. The molecule has 0 unspecified atom stereocenters. The van der Waals surface area contributed by atoms with Gasteiger partial charge in [-0.25, -0.2) is 13.1 Å². The van der Waals surface area contributed by atoms with Crippen LogP contribution in [0.1, 0.15) is 31.2 Å². The molecule has 2 aliphatic rings. The van der Waals surface area contributed by atoms with Crippen molar-refractivity contribution in [2.75, 3.05) is 13.2 Å². The predicted octanol–water partition coefficient (Wildman–Crippen LogP) is 1.41. The highest BCUT2D eigenvalue weighted by Crippen LogP contribution is 2.36. The average molecular weight is 338 g/mol. The SMILES string of the molecule is Cc1ccc(S(=O)(=O)NC[C@H]2C[C@H]3C[C@@H](CO)CC[C@@H]3N2)cc1. The zero-order chi connectivity index (χ0) is 16.4. The minimum atomic E-state index is -3.44. The maximum absolute atomic E-state index is 12.3. The molecule has 5 nitrogen and oxygen atoms in total. The zero-order valence-electron chi connectivity index (χ0n) is 13.5. The normalized spacial score (nSPS) is 31.0. The van der Waals surface area contributed by atoms with Crippen molar-refractivity contribution in [3.05, 3.63) is 29.8 Å². The Morgan fingerprint density at radius 3 is 2.65 bits per heavy atom. The number of sulfonamides is 1. The molecule has 2 fully saturated rings. The quantitative estimate of drug-likeness (QED) is 0.759. The number of hydrogen-bond acceptors (Lipinski definition) is 4. The smallest absolute Gasteiger partial charge is 0.240 e. The summed E-state index contributed by atoms with van der Waals surface area (Å²) in [5.74, 6) is 0.982. The minimum absolute atomic E-state index is 0.183. The third-order valence-corrected chi connectivity index (χ3v) is 6.68. The van der Waals surface area contributed by atoms with Crippen LogP contribution in [0.15, 0.2) is 29.2 Å². The minimum Gasteiger partial charge on any atom is -0.396 e. The summed E-state index contributed by atoms with van der Waals surface area (Å²) in [6.45, 7) is 2.63. The van der Waals surface area contributed by atoms with Crippen molar-refractivity contribution < 1.29 is 13.5 Å². The molecule has 6 heteroatoms. The molecule has 0 aromatic heterocycles. The second-order valence-corrected chi connectivity index (χ2v) is 8.76. The van der Waals surface area contributed by atoms with Crippen LogP contribution in [0.3, 0.4) is 0 Å². The first-order valence-corrected chi connectivity index (χ1v) is 9.89. The molecule has 1 aliphatic heterocycles. The van der Waals surface area contributed by atoms with Gasteiger partial charge < -0.3 is 10.4 Å². The standard InChI is InChI=1S/C17H26N2O3S/c1-12-2-5-16(6-3-12)23(21,22)18-10-15-9-14-8-13(11-20)4-7-17(14)19-15/h2-3,5-6,13-15,17-20H,4,7-11H2,1H3/t13-,14+,15+,17-/m0/s1. The van der Waals surface area contributed by atoms with Crippen LogP contribution in [-0.2, 0) is 10.0 Å². The van der Waals surface area contributed by atoms with Gasteiger partial charge in [-0.3, -0.25) is 0 Å². The second kappa shape index (κ2) is 6.89. The van der Waals surface area contributed by atoms with Crippen LogP contribution in [0.4, 0.5) is 0 Å². The number of rotatable bonds is 5. The van der Waals surface area contributed by atoms with Crippen molar-refractivity contribution in [1.29, 1.82) is 0 Å². The van der Waals surface area contributed by atoms with Crippen molar-refractivity contribution >= 4 is 10.0 Å². The molecule has 128 valence electrons. The number of aliphatic hydroxyl groups is 1. The van der Waals surface area contributed by atoms with Gasteiger partial charge in [0.25, 0.3) is 0 Å². The number of aryl methyl sites for hydroxylation is 1. The molecule has 1 saturated carbocycles. The summed E-state index contributed by atoms with van der Waals surface area (Å²) in [5.41, 5.74) is 1.05. The van der Waals surface area contributed by atoms with E-state index in [-0.39, 0.29) is 12.6 Å². The molecular weight excluding hydrogens is 312 g/mol. The summed E-state index contributed by atoms with van der Waals surface area (Å²) >= 11 is 0. The Balaban J connectivity index is 1.56. The maximum Gasteiger partial charge on any atom is 0.240 e. The summed E-state index contributed by atoms with van der Waals surface area (Å²) in [4.78, 5) is 0.318. The first-order chi connectivity index (χ1) is 11.0. The topological polar surface area (TPSA) is 78.4 Å². The van der Waals surface area contributed by atoms with Crippen LogP contribution >= 0.6 is 0 Å². The Kier molecular flexibility index (Phi) is 5.06. The summed E-state index contributed by atoms with van der Waals surface area (Å²) in [7, 11) is -3.44. The lowest BCUT2D eigenvalue weighted by Crippen LogP contribution is -2.41. The predicted molar refractivity (Wildman–Crippen MR) is 89.6 cm³/mol. The van der Waals surface area contributed by atoms with Crippen molar-refractivity contribution in [1.82, 2.24) is 10.0 Å². The van der Waals surface area contributed by atoms with Gasteiger partial charge in [0.1, 0.15) is 0 Å². The van der Waals surface area contributed by atoms with Gasteiger partial charge in [-0.05, 0) is 56.6 Å². The lowest BCUT2D eigenvalue weighted by Gasteiger charge is -2.30. The fourth-order valence-electron chi connectivity index (χ4n) is 3.90. The first-order valence-electron chi connectivity index (χ1n) is 8.41. The molecule has 1 aliphatic carbocycles. The van der Waals surface area contributed by atoms with Crippen molar-refractivity contribution in [2.45, 2.75) is 49.6 Å². The molecule has 0 radical (unpaired) electrons. The summed E-state index contributed by atoms with van der Waals surface area (Å²) in [6, 6.07) is 7.57. The molecule has 23 heavy (non-hydrogen) atoms. The van der Waals surface area contributed by atoms with Crippen LogP contribution < -0.4 is 10.0 Å². The largest absolute Gasteiger partial charge is 0.396 e. The maximum atomic E-state index is 12.3. The van der Waals surface area contributed by atoms with E-state index < -0.39 is 10.0 Å². The molecule has 0 bridgehead atoms. The van der Waals surface area contributed by atoms with Gasteiger partial charge in [0, 0.05) is 25.2 Å². The van der Waals surface area contributed by atoms with Gasteiger partial charge in [0.15, 0.2) is 0 Å². The Morgan fingerprint density at radius 2 is 1.96 bits per heavy atom. The van der Waals surface area contributed by atoms with Crippen LogP contribution in [0.25, 0.3) is 0 Å². The highest BCUT2D eigenvalue weighted by molar-refractivity contribution is 7.89. The van der Waals surface area contributed by atoms with E-state index in [9.17, 15) is 13.5 Å². The average Bonchev–Trinajstić information content (AvgIpc) is 2.95. The second-order valence-electron chi connectivity index (χ2n) is 6.99. The molecular formula is C17H26N2O3S. The molecule has 1 aromatic rings. The van der Waals surface area contributed by atoms with Crippen LogP contribution in [0.5, 0.6) is 0 Å². The fourth-order valence-corrected chi connectivity index (χ4v) is 4.98. The van der Waals surface area contributed by atoms with Gasteiger partial charge in [-0.15, -0.1) is 0 Å². The molecule has 3 rings (SSSR count). The lowest BCUT2D eigenvalue weighted by molar-refractivity contribution is 0.153. The van der Waals surface area contributed by atoms with E-state index in [1.165, 1.54) is 0 Å². The van der Waals surface area contributed by atoms with Crippen LogP contribution in [0.2, 0.25) is 0 Å². The monoisotopic (exact) mass is 338 g/mol. The first kappa shape index (κ1) is 16.9. The Bertz CT molecular complexity index is 630.